The highest BCUT2D eigenvalue weighted by Gasteiger charge is 2.48. The molecule has 3 rings (SSSR count). The Labute approximate surface area is 94.5 Å². The van der Waals surface area contributed by atoms with E-state index in [1.807, 2.05) is 19.1 Å². The Balaban J connectivity index is 0.000000149. The fourth-order valence-electron chi connectivity index (χ4n) is 4.15. The molecule has 0 amide bonds. The summed E-state index contributed by atoms with van der Waals surface area (Å²) in [5.41, 5.74) is 0. The highest BCUT2D eigenvalue weighted by molar-refractivity contribution is 4.98. The maximum Gasteiger partial charge on any atom is -0.0355 e. The lowest BCUT2D eigenvalue weighted by molar-refractivity contribution is 0.259. The van der Waals surface area contributed by atoms with Crippen LogP contribution >= 0.6 is 0 Å². The summed E-state index contributed by atoms with van der Waals surface area (Å²) in [6.45, 7) is 5.42. The lowest BCUT2D eigenvalue weighted by Gasteiger charge is -2.23. The number of allylic oxidation sites excluding steroid dienone is 3. The van der Waals surface area contributed by atoms with E-state index < -0.39 is 0 Å². The molecule has 0 spiro atoms. The highest BCUT2D eigenvalue weighted by Crippen LogP contribution is 2.58. The van der Waals surface area contributed by atoms with Gasteiger partial charge in [-0.1, -0.05) is 31.2 Å². The van der Waals surface area contributed by atoms with Crippen molar-refractivity contribution in [2.24, 2.45) is 23.7 Å². The minimum atomic E-state index is 1.19. The minimum Gasteiger partial charge on any atom is -0.0991 e. The monoisotopic (exact) mass is 204 g/mol. The Morgan fingerprint density at radius 2 is 1.60 bits per heavy atom. The van der Waals surface area contributed by atoms with Gasteiger partial charge in [-0.3, -0.25) is 0 Å². The van der Waals surface area contributed by atoms with Crippen LogP contribution in [0, 0.1) is 23.7 Å². The highest BCUT2D eigenvalue weighted by atomic mass is 14.5. The molecule has 0 aromatic heterocycles. The quantitative estimate of drug-likeness (QED) is 0.548. The third-order valence-electron chi connectivity index (χ3n) is 4.68. The molecule has 0 aromatic rings. The number of hydrogen-bond acceptors (Lipinski definition) is 0. The fourth-order valence-corrected chi connectivity index (χ4v) is 4.15. The van der Waals surface area contributed by atoms with Crippen molar-refractivity contribution in [3.8, 4) is 0 Å². The van der Waals surface area contributed by atoms with Gasteiger partial charge in [-0.2, -0.15) is 0 Å². The predicted molar refractivity (Wildman–Crippen MR) is 66.7 cm³/mol. The van der Waals surface area contributed by atoms with Gasteiger partial charge in [0.2, 0.25) is 0 Å². The van der Waals surface area contributed by atoms with Crippen molar-refractivity contribution in [3.63, 3.8) is 0 Å². The van der Waals surface area contributed by atoms with Crippen molar-refractivity contribution in [3.05, 3.63) is 24.8 Å². The molecule has 0 heterocycles. The van der Waals surface area contributed by atoms with Crippen molar-refractivity contribution in [2.75, 3.05) is 0 Å². The van der Waals surface area contributed by atoms with E-state index in [1.165, 1.54) is 23.7 Å². The molecule has 0 aromatic carbocycles. The summed E-state index contributed by atoms with van der Waals surface area (Å²) in [5.74, 6) is 4.80. The van der Waals surface area contributed by atoms with Crippen LogP contribution in [0.5, 0.6) is 0 Å². The summed E-state index contributed by atoms with van der Waals surface area (Å²) in [5, 5.41) is 0. The second kappa shape index (κ2) is 5.01. The molecule has 0 nitrogen and oxygen atoms in total. The van der Waals surface area contributed by atoms with Gasteiger partial charge in [0.05, 0.1) is 0 Å². The molecule has 3 fully saturated rings. The number of hydrogen-bond donors (Lipinski definition) is 0. The van der Waals surface area contributed by atoms with Gasteiger partial charge in [0.1, 0.15) is 0 Å². The van der Waals surface area contributed by atoms with Gasteiger partial charge in [0.25, 0.3) is 0 Å². The molecule has 0 radical (unpaired) electrons. The summed E-state index contributed by atoms with van der Waals surface area (Å²) < 4.78 is 0. The first-order valence-corrected chi connectivity index (χ1v) is 6.60. The minimum absolute atomic E-state index is 1.19. The predicted octanol–water partition coefficient (Wildman–Crippen LogP) is 4.58. The Bertz CT molecular complexity index is 222. The van der Waals surface area contributed by atoms with Crippen molar-refractivity contribution in [2.45, 2.75) is 45.4 Å². The molecule has 84 valence electrons. The van der Waals surface area contributed by atoms with Crippen LogP contribution in [0.4, 0.5) is 0 Å². The van der Waals surface area contributed by atoms with E-state index in [4.69, 9.17) is 0 Å². The van der Waals surface area contributed by atoms with E-state index >= 15 is 0 Å². The van der Waals surface area contributed by atoms with Crippen LogP contribution in [0.2, 0.25) is 0 Å². The van der Waals surface area contributed by atoms with Gasteiger partial charge in [0, 0.05) is 0 Å². The normalized spacial score (nSPS) is 41.4. The molecular formula is C15H24. The Hall–Kier alpha value is -0.520. The summed E-state index contributed by atoms with van der Waals surface area (Å²) in [6.07, 6.45) is 15.1. The molecule has 0 saturated heterocycles. The van der Waals surface area contributed by atoms with E-state index in [-0.39, 0.29) is 0 Å². The van der Waals surface area contributed by atoms with Crippen LogP contribution in [0.25, 0.3) is 0 Å². The molecule has 3 saturated carbocycles. The molecule has 2 bridgehead atoms. The summed E-state index contributed by atoms with van der Waals surface area (Å²) in [6, 6.07) is 0. The second-order valence-electron chi connectivity index (χ2n) is 5.35. The van der Waals surface area contributed by atoms with Gasteiger partial charge in [-0.05, 0) is 62.7 Å². The van der Waals surface area contributed by atoms with Crippen molar-refractivity contribution in [1.82, 2.24) is 0 Å². The van der Waals surface area contributed by atoms with Crippen molar-refractivity contribution in [1.29, 1.82) is 0 Å². The van der Waals surface area contributed by atoms with Gasteiger partial charge in [-0.25, -0.2) is 0 Å². The average molecular weight is 204 g/mol. The molecule has 3 aliphatic carbocycles. The molecule has 3 aliphatic rings. The molecular weight excluding hydrogens is 180 g/mol. The van der Waals surface area contributed by atoms with Crippen LogP contribution in [0.3, 0.4) is 0 Å². The van der Waals surface area contributed by atoms with E-state index in [0.29, 0.717) is 0 Å². The Morgan fingerprint density at radius 3 is 2.00 bits per heavy atom. The molecule has 4 unspecified atom stereocenters. The first kappa shape index (κ1) is 11.0. The van der Waals surface area contributed by atoms with Crippen LogP contribution in [-0.4, -0.2) is 0 Å². The maximum absolute atomic E-state index is 3.46. The first-order valence-electron chi connectivity index (χ1n) is 6.60. The largest absolute Gasteiger partial charge is 0.0991 e. The van der Waals surface area contributed by atoms with Crippen molar-refractivity contribution >= 4 is 0 Å². The molecule has 0 heteroatoms. The standard InChI is InChI=1S/C10H16.C5H8/c1-2-9-7-4-5-8(6-7)10(9)3-1;1-3-5-4-2/h7-10H,1-6H2;3-5H,1H2,2H3. The van der Waals surface area contributed by atoms with Crippen LogP contribution in [0.1, 0.15) is 45.4 Å². The summed E-state index contributed by atoms with van der Waals surface area (Å²) in [7, 11) is 0. The Kier molecular flexibility index (Phi) is 3.66. The lowest BCUT2D eigenvalue weighted by Crippen LogP contribution is -2.15. The Morgan fingerprint density at radius 1 is 1.00 bits per heavy atom. The van der Waals surface area contributed by atoms with E-state index in [9.17, 15) is 0 Å². The van der Waals surface area contributed by atoms with Crippen molar-refractivity contribution < 1.29 is 0 Å². The second-order valence-corrected chi connectivity index (χ2v) is 5.35. The third-order valence-corrected chi connectivity index (χ3v) is 4.68. The molecule has 4 atom stereocenters. The van der Waals surface area contributed by atoms with E-state index in [2.05, 4.69) is 6.58 Å². The van der Waals surface area contributed by atoms with Crippen LogP contribution < -0.4 is 0 Å². The van der Waals surface area contributed by atoms with Crippen LogP contribution in [0.15, 0.2) is 24.8 Å². The first-order chi connectivity index (χ1) is 7.36. The smallest absolute Gasteiger partial charge is 0.0355 e. The zero-order valence-electron chi connectivity index (χ0n) is 9.99. The zero-order valence-corrected chi connectivity index (χ0v) is 9.99. The maximum atomic E-state index is 3.46. The molecule has 15 heavy (non-hydrogen) atoms. The van der Waals surface area contributed by atoms with Gasteiger partial charge in [-0.15, -0.1) is 0 Å². The number of fused-ring (bicyclic) bond motifs is 5. The fraction of sp³-hybridized carbons (Fsp3) is 0.733. The van der Waals surface area contributed by atoms with Gasteiger partial charge < -0.3 is 0 Å². The third kappa shape index (κ3) is 2.19. The zero-order chi connectivity index (χ0) is 10.7. The van der Waals surface area contributed by atoms with E-state index in [1.54, 1.807) is 44.6 Å². The SMILES string of the molecule is C1CC2C3CCC(C3)C2C1.C=CC=CC. The van der Waals surface area contributed by atoms with E-state index in [0.717, 1.165) is 0 Å². The lowest BCUT2D eigenvalue weighted by atomic mass is 9.82. The summed E-state index contributed by atoms with van der Waals surface area (Å²) in [4.78, 5) is 0. The number of rotatable bonds is 1. The van der Waals surface area contributed by atoms with Gasteiger partial charge >= 0.3 is 0 Å². The average Bonchev–Trinajstić information content (AvgIpc) is 2.94. The van der Waals surface area contributed by atoms with Crippen LogP contribution in [-0.2, 0) is 0 Å². The topological polar surface area (TPSA) is 0 Å². The molecule has 0 aliphatic heterocycles. The van der Waals surface area contributed by atoms with Gasteiger partial charge in [0.15, 0.2) is 0 Å². The molecule has 0 N–H and O–H groups in total. The summed E-state index contributed by atoms with van der Waals surface area (Å²) >= 11 is 0.